The van der Waals surface area contributed by atoms with Crippen molar-refractivity contribution in [2.24, 2.45) is 5.73 Å². The first-order valence-corrected chi connectivity index (χ1v) is 7.19. The minimum absolute atomic E-state index is 0.615. The molecule has 0 bridgehead atoms. The van der Waals surface area contributed by atoms with Gasteiger partial charge < -0.3 is 10.6 Å². The summed E-state index contributed by atoms with van der Waals surface area (Å²) in [7, 11) is 2.17. The van der Waals surface area contributed by atoms with Gasteiger partial charge in [-0.05, 0) is 37.1 Å². The van der Waals surface area contributed by atoms with Crippen LogP contribution in [0.25, 0.3) is 0 Å². The number of hydrogen-bond donors (Lipinski definition) is 1. The van der Waals surface area contributed by atoms with Crippen molar-refractivity contribution in [3.8, 4) is 0 Å². The molecule has 0 amide bonds. The Labute approximate surface area is 122 Å². The molecule has 20 heavy (non-hydrogen) atoms. The lowest BCUT2D eigenvalue weighted by Crippen LogP contribution is -2.20. The second-order valence-electron chi connectivity index (χ2n) is 5.49. The lowest BCUT2D eigenvalue weighted by atomic mass is 10.1. The number of hydrogen-bond acceptors (Lipinski definition) is 2. The molecular formula is C18H24N2. The first kappa shape index (κ1) is 14.8. The summed E-state index contributed by atoms with van der Waals surface area (Å²) >= 11 is 0. The Bertz CT molecular complexity index is 514. The smallest absolute Gasteiger partial charge is 0.0230 e. The molecule has 106 valence electrons. The monoisotopic (exact) mass is 268 g/mol. The number of rotatable bonds is 6. The Balaban J connectivity index is 1.82. The third-order valence-corrected chi connectivity index (χ3v) is 3.61. The summed E-state index contributed by atoms with van der Waals surface area (Å²) in [5.41, 5.74) is 10.9. The molecule has 2 rings (SSSR count). The van der Waals surface area contributed by atoms with E-state index in [1.165, 1.54) is 22.3 Å². The summed E-state index contributed by atoms with van der Waals surface area (Å²) in [5.74, 6) is 0. The zero-order valence-corrected chi connectivity index (χ0v) is 12.5. The number of nitrogens with two attached hydrogens (primary N) is 1. The van der Waals surface area contributed by atoms with E-state index in [1.807, 2.05) is 0 Å². The second kappa shape index (κ2) is 7.22. The summed E-state index contributed by atoms with van der Waals surface area (Å²) in [6.07, 6.45) is 1.09. The van der Waals surface area contributed by atoms with Crippen LogP contribution in [-0.4, -0.2) is 18.5 Å². The van der Waals surface area contributed by atoms with Crippen LogP contribution in [0, 0.1) is 6.92 Å². The molecule has 0 heterocycles. The van der Waals surface area contributed by atoms with Crippen molar-refractivity contribution < 1.29 is 0 Å². The molecule has 2 heteroatoms. The SMILES string of the molecule is Cc1ccc(CCN(C)Cc2ccc(CN)cc2)cc1. The third kappa shape index (κ3) is 4.48. The highest BCUT2D eigenvalue weighted by Crippen LogP contribution is 2.08. The van der Waals surface area contributed by atoms with Gasteiger partial charge in [0.1, 0.15) is 0 Å². The molecule has 0 atom stereocenters. The molecule has 0 saturated carbocycles. The van der Waals surface area contributed by atoms with Crippen LogP contribution in [-0.2, 0) is 19.5 Å². The van der Waals surface area contributed by atoms with Gasteiger partial charge in [-0.25, -0.2) is 0 Å². The van der Waals surface area contributed by atoms with E-state index < -0.39 is 0 Å². The summed E-state index contributed by atoms with van der Waals surface area (Å²) in [6, 6.07) is 17.4. The maximum Gasteiger partial charge on any atom is 0.0230 e. The average Bonchev–Trinajstić information content (AvgIpc) is 2.47. The predicted octanol–water partition coefficient (Wildman–Crippen LogP) is 3.13. The van der Waals surface area contributed by atoms with Crippen LogP contribution in [0.4, 0.5) is 0 Å². The van der Waals surface area contributed by atoms with Crippen LogP contribution in [0.2, 0.25) is 0 Å². The van der Waals surface area contributed by atoms with Gasteiger partial charge in [0.05, 0.1) is 0 Å². The lowest BCUT2D eigenvalue weighted by Gasteiger charge is -2.17. The fraction of sp³-hybridized carbons (Fsp3) is 0.333. The molecule has 0 fully saturated rings. The van der Waals surface area contributed by atoms with Gasteiger partial charge in [-0.2, -0.15) is 0 Å². The van der Waals surface area contributed by atoms with Gasteiger partial charge in [0.2, 0.25) is 0 Å². The number of aryl methyl sites for hydroxylation is 1. The number of nitrogens with zero attached hydrogens (tertiary/aromatic N) is 1. The molecule has 2 N–H and O–H groups in total. The van der Waals surface area contributed by atoms with Gasteiger partial charge in [0.15, 0.2) is 0 Å². The summed E-state index contributed by atoms with van der Waals surface area (Å²) in [6.45, 7) is 4.79. The molecule has 2 aromatic carbocycles. The first-order valence-electron chi connectivity index (χ1n) is 7.19. The van der Waals surface area contributed by atoms with E-state index in [2.05, 4.69) is 67.4 Å². The molecule has 0 spiro atoms. The van der Waals surface area contributed by atoms with Crippen LogP contribution in [0.15, 0.2) is 48.5 Å². The molecule has 0 unspecified atom stereocenters. The molecule has 0 aliphatic heterocycles. The Morgan fingerprint density at radius 2 is 1.40 bits per heavy atom. The standard InChI is InChI=1S/C18H24N2/c1-15-3-5-16(6-4-15)11-12-20(2)14-18-9-7-17(13-19)8-10-18/h3-10H,11-14,19H2,1-2H3. The van der Waals surface area contributed by atoms with Crippen molar-refractivity contribution in [2.45, 2.75) is 26.4 Å². The van der Waals surface area contributed by atoms with E-state index in [0.29, 0.717) is 6.54 Å². The van der Waals surface area contributed by atoms with Gasteiger partial charge in [0.25, 0.3) is 0 Å². The summed E-state index contributed by atoms with van der Waals surface area (Å²) < 4.78 is 0. The topological polar surface area (TPSA) is 29.3 Å². The Morgan fingerprint density at radius 3 is 2.00 bits per heavy atom. The van der Waals surface area contributed by atoms with E-state index in [-0.39, 0.29) is 0 Å². The minimum atomic E-state index is 0.615. The minimum Gasteiger partial charge on any atom is -0.326 e. The zero-order chi connectivity index (χ0) is 14.4. The van der Waals surface area contributed by atoms with Crippen molar-refractivity contribution in [3.05, 3.63) is 70.8 Å². The van der Waals surface area contributed by atoms with Gasteiger partial charge >= 0.3 is 0 Å². The van der Waals surface area contributed by atoms with E-state index in [4.69, 9.17) is 5.73 Å². The Hall–Kier alpha value is -1.64. The van der Waals surface area contributed by atoms with Crippen molar-refractivity contribution in [2.75, 3.05) is 13.6 Å². The largest absolute Gasteiger partial charge is 0.326 e. The molecule has 0 aliphatic rings. The molecule has 2 nitrogen and oxygen atoms in total. The van der Waals surface area contributed by atoms with Crippen LogP contribution in [0.1, 0.15) is 22.3 Å². The predicted molar refractivity (Wildman–Crippen MR) is 85.6 cm³/mol. The maximum absolute atomic E-state index is 5.61. The zero-order valence-electron chi connectivity index (χ0n) is 12.5. The number of benzene rings is 2. The highest BCUT2D eigenvalue weighted by molar-refractivity contribution is 5.23. The van der Waals surface area contributed by atoms with E-state index in [9.17, 15) is 0 Å². The fourth-order valence-corrected chi connectivity index (χ4v) is 2.25. The highest BCUT2D eigenvalue weighted by atomic mass is 15.1. The number of likely N-dealkylation sites (N-methyl/N-ethyl adjacent to an activating group) is 1. The lowest BCUT2D eigenvalue weighted by molar-refractivity contribution is 0.331. The molecule has 0 aromatic heterocycles. The van der Waals surface area contributed by atoms with Crippen LogP contribution >= 0.6 is 0 Å². The normalized spacial score (nSPS) is 11.0. The van der Waals surface area contributed by atoms with Crippen molar-refractivity contribution >= 4 is 0 Å². The van der Waals surface area contributed by atoms with E-state index in [0.717, 1.165) is 19.5 Å². The van der Waals surface area contributed by atoms with Crippen molar-refractivity contribution in [1.82, 2.24) is 4.90 Å². The summed E-state index contributed by atoms with van der Waals surface area (Å²) in [4.78, 5) is 2.36. The molecule has 0 radical (unpaired) electrons. The Morgan fingerprint density at radius 1 is 0.850 bits per heavy atom. The van der Waals surface area contributed by atoms with Gasteiger partial charge in [-0.15, -0.1) is 0 Å². The Kier molecular flexibility index (Phi) is 5.33. The van der Waals surface area contributed by atoms with Gasteiger partial charge in [-0.3, -0.25) is 0 Å². The average molecular weight is 268 g/mol. The van der Waals surface area contributed by atoms with Gasteiger partial charge in [0, 0.05) is 19.6 Å². The van der Waals surface area contributed by atoms with Crippen LogP contribution < -0.4 is 5.73 Å². The second-order valence-corrected chi connectivity index (χ2v) is 5.49. The highest BCUT2D eigenvalue weighted by Gasteiger charge is 2.01. The van der Waals surface area contributed by atoms with E-state index in [1.54, 1.807) is 0 Å². The molecule has 0 saturated heterocycles. The molecule has 2 aromatic rings. The van der Waals surface area contributed by atoms with Gasteiger partial charge in [-0.1, -0.05) is 54.1 Å². The van der Waals surface area contributed by atoms with Crippen molar-refractivity contribution in [1.29, 1.82) is 0 Å². The van der Waals surface area contributed by atoms with E-state index >= 15 is 0 Å². The maximum atomic E-state index is 5.61. The fourth-order valence-electron chi connectivity index (χ4n) is 2.25. The molecule has 0 aliphatic carbocycles. The van der Waals surface area contributed by atoms with Crippen LogP contribution in [0.5, 0.6) is 0 Å². The van der Waals surface area contributed by atoms with Crippen LogP contribution in [0.3, 0.4) is 0 Å². The van der Waals surface area contributed by atoms with Crippen molar-refractivity contribution in [3.63, 3.8) is 0 Å². The summed E-state index contributed by atoms with van der Waals surface area (Å²) in [5, 5.41) is 0. The third-order valence-electron chi connectivity index (χ3n) is 3.61. The first-order chi connectivity index (χ1) is 9.67. The molecular weight excluding hydrogens is 244 g/mol. The quantitative estimate of drug-likeness (QED) is 0.872.